The topological polar surface area (TPSA) is 24.7 Å². The Morgan fingerprint density at radius 3 is 1.69 bits per heavy atom. The largest absolute Gasteiger partial charge is 0.251 e. The van der Waals surface area contributed by atoms with Crippen molar-refractivity contribution in [3.8, 4) is 0 Å². The van der Waals surface area contributed by atoms with Gasteiger partial charge in [-0.15, -0.1) is 0 Å². The minimum atomic E-state index is 0. The van der Waals surface area contributed by atoms with E-state index in [-0.39, 0.29) is 16.5 Å². The van der Waals surface area contributed by atoms with E-state index in [1.165, 1.54) is 22.3 Å². The summed E-state index contributed by atoms with van der Waals surface area (Å²) in [5.74, 6) is 0. The van der Waals surface area contributed by atoms with Crippen molar-refractivity contribution in [1.29, 1.82) is 0 Å². The zero-order chi connectivity index (χ0) is 20.5. The standard InChI is InChI=1S/C26H34N2.Ni/c1-7-9-11-25(27-23-15-19(3)13-20(4)16-23)26(12-10-8-2)28-24-17-21(5)14-22(6)18-24;/h9,11,13-18H,7-8,10,12H2,1-6H3;. The van der Waals surface area contributed by atoms with Crippen molar-refractivity contribution >= 4 is 22.8 Å². The van der Waals surface area contributed by atoms with E-state index >= 15 is 0 Å². The van der Waals surface area contributed by atoms with Crippen LogP contribution in [-0.4, -0.2) is 11.4 Å². The van der Waals surface area contributed by atoms with Crippen molar-refractivity contribution in [3.05, 3.63) is 70.8 Å². The molecular formula is C26H34N2Ni. The van der Waals surface area contributed by atoms with Crippen LogP contribution in [0.1, 0.15) is 61.8 Å². The van der Waals surface area contributed by atoms with Crippen LogP contribution in [0.2, 0.25) is 0 Å². The van der Waals surface area contributed by atoms with Crippen LogP contribution in [0.4, 0.5) is 11.4 Å². The van der Waals surface area contributed by atoms with E-state index in [4.69, 9.17) is 9.98 Å². The van der Waals surface area contributed by atoms with Gasteiger partial charge in [0.25, 0.3) is 0 Å². The minimum absolute atomic E-state index is 0. The second-order valence-electron chi connectivity index (χ2n) is 7.66. The van der Waals surface area contributed by atoms with Crippen molar-refractivity contribution < 1.29 is 16.5 Å². The fourth-order valence-electron chi connectivity index (χ4n) is 3.34. The molecule has 0 radical (unpaired) electrons. The Labute approximate surface area is 187 Å². The van der Waals surface area contributed by atoms with Crippen LogP contribution < -0.4 is 0 Å². The van der Waals surface area contributed by atoms with Crippen molar-refractivity contribution in [3.63, 3.8) is 0 Å². The van der Waals surface area contributed by atoms with Gasteiger partial charge in [0, 0.05) is 16.5 Å². The summed E-state index contributed by atoms with van der Waals surface area (Å²) in [6, 6.07) is 12.9. The van der Waals surface area contributed by atoms with Gasteiger partial charge in [0.1, 0.15) is 0 Å². The van der Waals surface area contributed by atoms with E-state index in [1.54, 1.807) is 0 Å². The van der Waals surface area contributed by atoms with Crippen LogP contribution in [0.25, 0.3) is 0 Å². The number of unbranched alkanes of at least 4 members (excludes halogenated alkanes) is 1. The third-order valence-electron chi connectivity index (χ3n) is 4.50. The molecule has 0 unspecified atom stereocenters. The summed E-state index contributed by atoms with van der Waals surface area (Å²) < 4.78 is 0. The molecular weight excluding hydrogens is 399 g/mol. The normalized spacial score (nSPS) is 12.3. The molecule has 0 bridgehead atoms. The molecule has 0 aromatic heterocycles. The summed E-state index contributed by atoms with van der Waals surface area (Å²) >= 11 is 0. The van der Waals surface area contributed by atoms with Gasteiger partial charge in [-0.05, 0) is 99.6 Å². The Morgan fingerprint density at radius 2 is 1.24 bits per heavy atom. The van der Waals surface area contributed by atoms with Crippen LogP contribution in [-0.2, 0) is 16.5 Å². The molecule has 0 heterocycles. The zero-order valence-electron chi connectivity index (χ0n) is 18.7. The molecule has 2 rings (SSSR count). The molecule has 0 fully saturated rings. The molecule has 0 spiro atoms. The first-order valence-electron chi connectivity index (χ1n) is 10.4. The molecule has 0 aliphatic rings. The molecule has 2 nitrogen and oxygen atoms in total. The van der Waals surface area contributed by atoms with Gasteiger partial charge in [-0.2, -0.15) is 0 Å². The van der Waals surface area contributed by atoms with Crippen molar-refractivity contribution in [2.24, 2.45) is 9.98 Å². The third kappa shape index (κ3) is 8.50. The molecule has 0 aliphatic carbocycles. The van der Waals surface area contributed by atoms with Gasteiger partial charge >= 0.3 is 0 Å². The maximum atomic E-state index is 5.05. The first-order valence-corrected chi connectivity index (χ1v) is 10.4. The molecule has 0 saturated heterocycles. The number of rotatable bonds is 8. The second kappa shape index (κ2) is 12.5. The Morgan fingerprint density at radius 1 is 0.759 bits per heavy atom. The third-order valence-corrected chi connectivity index (χ3v) is 4.50. The molecule has 0 saturated carbocycles. The van der Waals surface area contributed by atoms with Gasteiger partial charge in [0.2, 0.25) is 0 Å². The smallest absolute Gasteiger partial charge is 0.0848 e. The van der Waals surface area contributed by atoms with E-state index in [1.807, 2.05) is 0 Å². The van der Waals surface area contributed by atoms with Gasteiger partial charge in [-0.3, -0.25) is 4.99 Å². The van der Waals surface area contributed by atoms with E-state index in [2.05, 4.69) is 90.1 Å². The maximum absolute atomic E-state index is 5.05. The zero-order valence-corrected chi connectivity index (χ0v) is 19.6. The summed E-state index contributed by atoms with van der Waals surface area (Å²) in [5, 5.41) is 0. The molecule has 0 amide bonds. The summed E-state index contributed by atoms with van der Waals surface area (Å²) in [5.41, 5.74) is 9.00. The predicted octanol–water partition coefficient (Wildman–Crippen LogP) is 7.92. The molecule has 29 heavy (non-hydrogen) atoms. The first-order chi connectivity index (χ1) is 13.4. The summed E-state index contributed by atoms with van der Waals surface area (Å²) in [4.78, 5) is 10.1. The van der Waals surface area contributed by atoms with Crippen molar-refractivity contribution in [2.75, 3.05) is 0 Å². The molecule has 158 valence electrons. The van der Waals surface area contributed by atoms with Gasteiger partial charge in [-0.25, -0.2) is 4.99 Å². The Kier molecular flexibility index (Phi) is 10.8. The van der Waals surface area contributed by atoms with Gasteiger partial charge < -0.3 is 0 Å². The Hall–Kier alpha value is -1.99. The number of aryl methyl sites for hydroxylation is 4. The van der Waals surface area contributed by atoms with Crippen molar-refractivity contribution in [1.82, 2.24) is 0 Å². The molecule has 0 atom stereocenters. The van der Waals surface area contributed by atoms with Gasteiger partial charge in [0.05, 0.1) is 22.8 Å². The second-order valence-corrected chi connectivity index (χ2v) is 7.66. The Bertz CT molecular complexity index is 851. The average molecular weight is 433 g/mol. The molecule has 3 heteroatoms. The number of aliphatic imine (C=N–C) groups is 2. The fourth-order valence-corrected chi connectivity index (χ4v) is 3.34. The quantitative estimate of drug-likeness (QED) is 0.299. The SMILES string of the molecule is CCC=CC(=Nc1cc(C)cc(C)c1)C(CCCC)=Nc1cc(C)cc(C)c1.[Ni]. The van der Waals surface area contributed by atoms with Crippen LogP contribution >= 0.6 is 0 Å². The number of hydrogen-bond donors (Lipinski definition) is 0. The van der Waals surface area contributed by atoms with Gasteiger partial charge in [-0.1, -0.05) is 38.5 Å². The summed E-state index contributed by atoms with van der Waals surface area (Å²) in [7, 11) is 0. The van der Waals surface area contributed by atoms with Crippen LogP contribution in [0.5, 0.6) is 0 Å². The fraction of sp³-hybridized carbons (Fsp3) is 0.385. The summed E-state index contributed by atoms with van der Waals surface area (Å²) in [6.45, 7) is 12.9. The molecule has 2 aromatic carbocycles. The van der Waals surface area contributed by atoms with E-state index < -0.39 is 0 Å². The predicted molar refractivity (Wildman–Crippen MR) is 125 cm³/mol. The number of allylic oxidation sites excluding steroid dienone is 2. The van der Waals surface area contributed by atoms with Crippen LogP contribution in [0.15, 0.2) is 58.5 Å². The molecule has 0 N–H and O–H groups in total. The number of nitrogens with zero attached hydrogens (tertiary/aromatic N) is 2. The minimum Gasteiger partial charge on any atom is -0.251 e. The average Bonchev–Trinajstić information content (AvgIpc) is 2.60. The van der Waals surface area contributed by atoms with E-state index in [0.717, 1.165) is 48.5 Å². The van der Waals surface area contributed by atoms with Crippen LogP contribution in [0.3, 0.4) is 0 Å². The summed E-state index contributed by atoms with van der Waals surface area (Å²) in [6.07, 6.45) is 8.46. The Balaban J connectivity index is 0.00000420. The monoisotopic (exact) mass is 432 g/mol. The molecule has 0 aliphatic heterocycles. The van der Waals surface area contributed by atoms with Crippen molar-refractivity contribution in [2.45, 2.75) is 67.2 Å². The van der Waals surface area contributed by atoms with Crippen LogP contribution in [0, 0.1) is 27.7 Å². The molecule has 2 aromatic rings. The van der Waals surface area contributed by atoms with Gasteiger partial charge in [0.15, 0.2) is 0 Å². The number of hydrogen-bond acceptors (Lipinski definition) is 2. The first kappa shape index (κ1) is 25.1. The van der Waals surface area contributed by atoms with E-state index in [0.29, 0.717) is 0 Å². The maximum Gasteiger partial charge on any atom is 0.0848 e. The number of benzene rings is 2. The van der Waals surface area contributed by atoms with E-state index in [9.17, 15) is 0 Å².